The summed E-state index contributed by atoms with van der Waals surface area (Å²) in [6.07, 6.45) is 0. The number of hydrogen-bond acceptors (Lipinski definition) is 2. The van der Waals surface area contributed by atoms with Crippen LogP contribution in [0.2, 0.25) is 0 Å². The molecule has 0 aromatic carbocycles. The molecule has 0 aliphatic heterocycles. The maximum absolute atomic E-state index is 12.4. The first-order valence-corrected chi connectivity index (χ1v) is 28.2. The molecular formula is C9HI19O3S. The second kappa shape index (κ2) is 15.8. The predicted molar refractivity (Wildman–Crippen MR) is 303 cm³/mol. The van der Waals surface area contributed by atoms with Gasteiger partial charge in [0.2, 0.25) is 0.760 Å². The van der Waals surface area contributed by atoms with Crippen molar-refractivity contribution in [2.24, 2.45) is 0 Å². The van der Waals surface area contributed by atoms with Gasteiger partial charge in [0.05, 0.1) is 0 Å². The Hall–Kier alpha value is 13.8. The van der Waals surface area contributed by atoms with Crippen molar-refractivity contribution in [3.63, 3.8) is 0 Å². The molecule has 32 heavy (non-hydrogen) atoms. The van der Waals surface area contributed by atoms with Gasteiger partial charge in [-0.2, -0.15) is 8.42 Å². The number of alkyl halides is 19. The number of hydrogen-bond donors (Lipinski definition) is 1. The van der Waals surface area contributed by atoms with Crippen molar-refractivity contribution in [1.82, 2.24) is 0 Å². The normalized spacial score (nSPS) is 17.0. The lowest BCUT2D eigenvalue weighted by Crippen LogP contribution is -2.69. The molecule has 3 nitrogen and oxygen atoms in total. The Kier molecular flexibility index (Phi) is 22.6. The van der Waals surface area contributed by atoms with Crippen molar-refractivity contribution in [3.05, 3.63) is 0 Å². The molecule has 194 valence electrons. The van der Waals surface area contributed by atoms with Crippen molar-refractivity contribution in [2.45, 2.75) is 10.2 Å². The van der Waals surface area contributed by atoms with Crippen LogP contribution in [0.15, 0.2) is 0 Å². The van der Waals surface area contributed by atoms with E-state index in [0.717, 1.165) is 0 Å². The molecule has 1 N–H and O–H groups in total. The standard InChI is InChI=1S/C9HI19O3S/c10-1(11,2(12,13)4(16,17)6(20,21)8(24,25)26)3(14,15)5(18,19)7(22,23)9(27,28)32(29,30)31/h(H,29,30,31). The molecule has 0 aromatic heterocycles. The Morgan fingerprint density at radius 3 is 0.750 bits per heavy atom. The van der Waals surface area contributed by atoms with E-state index in [2.05, 4.69) is 384 Å². The largest absolute Gasteiger partial charge is 0.291 e. The summed E-state index contributed by atoms with van der Waals surface area (Å²) in [6.45, 7) is 0. The fourth-order valence-electron chi connectivity index (χ4n) is 1.51. The average molecular weight is 2600 g/mol. The van der Waals surface area contributed by atoms with Gasteiger partial charge in [0.15, 0.2) is 0 Å². The van der Waals surface area contributed by atoms with Gasteiger partial charge in [0.25, 0.3) is 10.1 Å². The zero-order valence-corrected chi connectivity index (χ0v) is 55.2. The van der Waals surface area contributed by atoms with E-state index in [9.17, 15) is 13.0 Å². The molecule has 0 fully saturated rings. The summed E-state index contributed by atoms with van der Waals surface area (Å²) in [7, 11) is -4.33. The first-order chi connectivity index (χ1) is 13.2. The predicted octanol–water partition coefficient (Wildman–Crippen LogP) is 14.3. The van der Waals surface area contributed by atoms with Crippen molar-refractivity contribution >= 4 is 439 Å². The molecule has 0 saturated heterocycles. The van der Waals surface area contributed by atoms with Gasteiger partial charge in [0, 0.05) is 0 Å². The second-order valence-corrected chi connectivity index (χ2v) is 62.0. The Morgan fingerprint density at radius 2 is 0.562 bits per heavy atom. The van der Waals surface area contributed by atoms with Gasteiger partial charge in [-0.1, -0.05) is 384 Å². The van der Waals surface area contributed by atoms with Crippen LogP contribution in [0, 0.1) is 0 Å². The number of rotatable bonds is 9. The van der Waals surface area contributed by atoms with Crippen LogP contribution < -0.4 is 0 Å². The molecule has 23 heteroatoms. The van der Waals surface area contributed by atoms with E-state index >= 15 is 0 Å². The lowest BCUT2D eigenvalue weighted by atomic mass is 10.1. The molecule has 0 aromatic rings. The fraction of sp³-hybridized carbons (Fsp3) is 1.00. The van der Waals surface area contributed by atoms with E-state index in [1.165, 1.54) is 0 Å². The Labute approximate surface area is 447 Å². The van der Waals surface area contributed by atoms with Crippen molar-refractivity contribution in [1.29, 1.82) is 0 Å². The van der Waals surface area contributed by atoms with Crippen LogP contribution in [-0.2, 0) is 10.1 Å². The monoisotopic (exact) mass is 2600 g/mol. The highest BCUT2D eigenvalue weighted by molar-refractivity contribution is 14.3. The van der Waals surface area contributed by atoms with E-state index < -0.39 is 15.2 Å². The first-order valence-electron chi connectivity index (χ1n) is 6.31. The van der Waals surface area contributed by atoms with Gasteiger partial charge in [-0.25, -0.2) is 0 Å². The van der Waals surface area contributed by atoms with Gasteiger partial charge < -0.3 is 0 Å². The highest BCUT2D eigenvalue weighted by atomic mass is 127. The summed E-state index contributed by atoms with van der Waals surface area (Å²) in [5.41, 5.74) is 0. The van der Waals surface area contributed by atoms with E-state index in [1.807, 2.05) is 45.2 Å². The second-order valence-electron chi connectivity index (χ2n) is 5.51. The molecule has 0 unspecified atom stereocenters. The van der Waals surface area contributed by atoms with E-state index in [1.54, 1.807) is 0 Å². The molecule has 0 amide bonds. The van der Waals surface area contributed by atoms with Gasteiger partial charge in [0.1, 0.15) is 9.43 Å². The Morgan fingerprint density at radius 1 is 0.375 bits per heavy atom. The van der Waals surface area contributed by atoms with Crippen LogP contribution in [-0.4, -0.2) is 23.2 Å². The molecule has 0 aliphatic carbocycles. The summed E-state index contributed by atoms with van der Waals surface area (Å²) >= 11 is 46.3. The van der Waals surface area contributed by atoms with Crippen LogP contribution in [0.4, 0.5) is 0 Å². The maximum Gasteiger partial charge on any atom is 0.291 e. The highest BCUT2D eigenvalue weighted by Gasteiger charge is 2.79. The van der Waals surface area contributed by atoms with Crippen LogP contribution in [0.5, 0.6) is 0 Å². The topological polar surface area (TPSA) is 54.4 Å². The smallest absolute Gasteiger partial charge is 0.284 e. The van der Waals surface area contributed by atoms with Crippen LogP contribution in [0.25, 0.3) is 0 Å². The zero-order valence-electron chi connectivity index (χ0n) is 13.4. The molecular weight excluding hydrogens is 2600 g/mol. The van der Waals surface area contributed by atoms with Crippen molar-refractivity contribution in [3.8, 4) is 0 Å². The lowest BCUT2D eigenvalue weighted by molar-refractivity contribution is 0.477. The third-order valence-electron chi connectivity index (χ3n) is 3.41. The molecule has 0 atom stereocenters. The summed E-state index contributed by atoms with van der Waals surface area (Å²) < 4.78 is 30.5. The SMILES string of the molecule is O=S(=O)(O)C(I)(I)C(I)(I)C(I)(I)C(I)(I)C(I)(I)C(I)(I)C(I)(I)C(I)(I)C(I)(I)I. The highest BCUT2D eigenvalue weighted by Crippen LogP contribution is 2.80. The van der Waals surface area contributed by atoms with Gasteiger partial charge >= 0.3 is 0 Å². The zero-order chi connectivity index (χ0) is 27.0. The minimum Gasteiger partial charge on any atom is -0.284 e. The molecule has 0 bridgehead atoms. The van der Waals surface area contributed by atoms with Gasteiger partial charge in [-0.3, -0.25) is 4.55 Å². The quantitative estimate of drug-likeness (QED) is 0.142. The summed E-state index contributed by atoms with van der Waals surface area (Å²) in [6, 6.07) is 0. The number of halogens is 19. The van der Waals surface area contributed by atoms with Crippen molar-refractivity contribution < 1.29 is 13.0 Å². The molecule has 0 spiro atoms. The Balaban J connectivity index is 7.06. The minimum atomic E-state index is -4.33. The summed E-state index contributed by atoms with van der Waals surface area (Å²) in [5, 5.41) is 0. The van der Waals surface area contributed by atoms with Gasteiger partial charge in [-0.15, -0.1) is 0 Å². The average Bonchev–Trinajstić information content (AvgIpc) is 2.51. The first kappa shape index (κ1) is 45.8. The third kappa shape index (κ3) is 8.92. The minimum absolute atomic E-state index is 0.0551. The van der Waals surface area contributed by atoms with Gasteiger partial charge in [-0.05, 0) is 45.2 Å². The molecule has 0 radical (unpaired) electrons. The third-order valence-corrected chi connectivity index (χ3v) is 70.2. The van der Waals surface area contributed by atoms with E-state index in [0.29, 0.717) is 0 Å². The fourth-order valence-corrected chi connectivity index (χ4v) is 31.2. The van der Waals surface area contributed by atoms with Crippen LogP contribution in [0.3, 0.4) is 0 Å². The lowest BCUT2D eigenvalue weighted by Gasteiger charge is -2.59. The molecule has 0 saturated carbocycles. The van der Waals surface area contributed by atoms with E-state index in [4.69, 9.17) is 0 Å². The summed E-state index contributed by atoms with van der Waals surface area (Å²) in [4.78, 5) is 0. The van der Waals surface area contributed by atoms with Crippen molar-refractivity contribution in [2.75, 3.05) is 0 Å². The summed E-state index contributed by atoms with van der Waals surface area (Å²) in [5.74, 6) is 0. The van der Waals surface area contributed by atoms with Crippen LogP contribution >= 0.6 is 429 Å². The van der Waals surface area contributed by atoms with Crippen LogP contribution in [0.1, 0.15) is 0 Å². The Bertz CT molecular complexity index is 821. The molecule has 0 heterocycles. The molecule has 0 aliphatic rings. The molecule has 0 rings (SSSR count). The van der Waals surface area contributed by atoms with E-state index in [-0.39, 0.29) is 5.15 Å². The maximum atomic E-state index is 12.4.